The Bertz CT molecular complexity index is 890. The molecule has 0 amide bonds. The van der Waals surface area contributed by atoms with Crippen molar-refractivity contribution in [3.05, 3.63) is 36.5 Å². The van der Waals surface area contributed by atoms with Gasteiger partial charge in [0, 0.05) is 13.2 Å². The average molecular weight is 334 g/mol. The molecular formula is C10H11FN4O4S2. The molecule has 8 nitrogen and oxygen atoms in total. The number of anilines is 1. The topological polar surface area (TPSA) is 124 Å². The highest BCUT2D eigenvalue weighted by Gasteiger charge is 2.20. The predicted octanol–water partition coefficient (Wildman–Crippen LogP) is 0.00740. The van der Waals surface area contributed by atoms with Gasteiger partial charge in [-0.1, -0.05) is 0 Å². The van der Waals surface area contributed by atoms with Crippen LogP contribution in [-0.2, 0) is 27.1 Å². The Kier molecular flexibility index (Phi) is 3.74. The van der Waals surface area contributed by atoms with E-state index in [-0.39, 0.29) is 5.03 Å². The molecule has 0 aliphatic heterocycles. The van der Waals surface area contributed by atoms with Gasteiger partial charge in [0.05, 0.1) is 16.9 Å². The number of aromatic nitrogens is 2. The molecular weight excluding hydrogens is 323 g/mol. The summed E-state index contributed by atoms with van der Waals surface area (Å²) < 4.78 is 63.2. The summed E-state index contributed by atoms with van der Waals surface area (Å²) in [6.07, 6.45) is 2.51. The van der Waals surface area contributed by atoms with E-state index < -0.39 is 36.4 Å². The van der Waals surface area contributed by atoms with Crippen molar-refractivity contribution in [3.63, 3.8) is 0 Å². The molecule has 114 valence electrons. The van der Waals surface area contributed by atoms with Crippen molar-refractivity contribution in [3.8, 4) is 0 Å². The zero-order chi connectivity index (χ0) is 15.8. The van der Waals surface area contributed by atoms with Crippen LogP contribution in [0, 0.1) is 5.82 Å². The first-order chi connectivity index (χ1) is 9.59. The number of rotatable bonds is 4. The molecule has 0 spiro atoms. The minimum Gasteiger partial charge on any atom is -0.339 e. The Morgan fingerprint density at radius 1 is 1.29 bits per heavy atom. The highest BCUT2D eigenvalue weighted by molar-refractivity contribution is 7.92. The molecule has 1 heterocycles. The van der Waals surface area contributed by atoms with Gasteiger partial charge < -0.3 is 4.57 Å². The molecule has 0 bridgehead atoms. The number of halogens is 1. The Labute approximate surface area is 120 Å². The quantitative estimate of drug-likeness (QED) is 0.815. The van der Waals surface area contributed by atoms with Crippen LogP contribution in [0.15, 0.2) is 40.6 Å². The normalized spacial score (nSPS) is 12.3. The molecule has 1 aromatic heterocycles. The summed E-state index contributed by atoms with van der Waals surface area (Å²) in [6.45, 7) is 0. The largest absolute Gasteiger partial charge is 0.339 e. The van der Waals surface area contributed by atoms with E-state index in [0.717, 1.165) is 12.1 Å². The van der Waals surface area contributed by atoms with E-state index in [1.54, 1.807) is 7.05 Å². The number of aryl methyl sites for hydroxylation is 1. The van der Waals surface area contributed by atoms with E-state index in [1.807, 2.05) is 4.72 Å². The third kappa shape index (κ3) is 3.37. The highest BCUT2D eigenvalue weighted by atomic mass is 32.2. The zero-order valence-corrected chi connectivity index (χ0v) is 12.3. The molecule has 0 saturated carbocycles. The van der Waals surface area contributed by atoms with Crippen LogP contribution in [0.4, 0.5) is 10.1 Å². The van der Waals surface area contributed by atoms with Crippen LogP contribution < -0.4 is 9.86 Å². The van der Waals surface area contributed by atoms with E-state index in [9.17, 15) is 21.2 Å². The van der Waals surface area contributed by atoms with Gasteiger partial charge in [-0.15, -0.1) is 0 Å². The molecule has 0 aliphatic rings. The second kappa shape index (κ2) is 5.09. The second-order valence-corrected chi connectivity index (χ2v) is 7.36. The van der Waals surface area contributed by atoms with E-state index in [1.165, 1.54) is 17.1 Å². The first kappa shape index (κ1) is 15.4. The van der Waals surface area contributed by atoms with Gasteiger partial charge in [0.1, 0.15) is 5.82 Å². The molecule has 0 radical (unpaired) electrons. The Morgan fingerprint density at radius 2 is 1.95 bits per heavy atom. The number of nitrogens with zero attached hydrogens (tertiary/aromatic N) is 2. The van der Waals surface area contributed by atoms with E-state index in [0.29, 0.717) is 6.07 Å². The van der Waals surface area contributed by atoms with E-state index >= 15 is 0 Å². The minimum absolute atomic E-state index is 0.292. The van der Waals surface area contributed by atoms with E-state index in [2.05, 4.69) is 4.98 Å². The fourth-order valence-electron chi connectivity index (χ4n) is 1.48. The van der Waals surface area contributed by atoms with Gasteiger partial charge in [-0.3, -0.25) is 4.72 Å². The first-order valence-corrected chi connectivity index (χ1v) is 8.46. The minimum atomic E-state index is -4.07. The van der Waals surface area contributed by atoms with Gasteiger partial charge in [0.25, 0.3) is 10.0 Å². The third-order valence-corrected chi connectivity index (χ3v) is 4.63. The number of nitrogens with two attached hydrogens (primary N) is 1. The molecule has 21 heavy (non-hydrogen) atoms. The summed E-state index contributed by atoms with van der Waals surface area (Å²) >= 11 is 0. The number of primary sulfonamides is 1. The van der Waals surface area contributed by atoms with Crippen molar-refractivity contribution in [2.24, 2.45) is 12.2 Å². The monoisotopic (exact) mass is 334 g/mol. The fourth-order valence-corrected chi connectivity index (χ4v) is 3.06. The summed E-state index contributed by atoms with van der Waals surface area (Å²) in [6, 6.07) is 2.59. The Morgan fingerprint density at radius 3 is 2.43 bits per heavy atom. The zero-order valence-electron chi connectivity index (χ0n) is 10.7. The lowest BCUT2D eigenvalue weighted by atomic mass is 10.3. The molecule has 2 rings (SSSR count). The molecule has 0 fully saturated rings. The summed E-state index contributed by atoms with van der Waals surface area (Å²) in [5.41, 5.74) is -0.409. The summed E-state index contributed by atoms with van der Waals surface area (Å²) in [5, 5.41) is 4.56. The van der Waals surface area contributed by atoms with Crippen molar-refractivity contribution in [1.29, 1.82) is 0 Å². The first-order valence-electron chi connectivity index (χ1n) is 5.43. The van der Waals surface area contributed by atoms with Gasteiger partial charge in [0.2, 0.25) is 10.0 Å². The molecule has 0 unspecified atom stereocenters. The Hall–Kier alpha value is -1.98. The molecule has 0 saturated heterocycles. The number of sulfonamides is 2. The van der Waals surface area contributed by atoms with Crippen LogP contribution in [0.1, 0.15) is 0 Å². The van der Waals surface area contributed by atoms with Crippen LogP contribution >= 0.6 is 0 Å². The second-order valence-electron chi connectivity index (χ2n) is 4.17. The fraction of sp³-hybridized carbons (Fsp3) is 0.100. The number of hydrogen-bond donors (Lipinski definition) is 2. The van der Waals surface area contributed by atoms with Gasteiger partial charge >= 0.3 is 0 Å². The van der Waals surface area contributed by atoms with Crippen molar-refractivity contribution < 1.29 is 21.2 Å². The maximum atomic E-state index is 13.8. The van der Waals surface area contributed by atoms with Gasteiger partial charge in [-0.05, 0) is 18.2 Å². The summed E-state index contributed by atoms with van der Waals surface area (Å²) in [7, 11) is -6.56. The maximum Gasteiger partial charge on any atom is 0.281 e. The molecule has 1 aromatic carbocycles. The molecule has 11 heteroatoms. The summed E-state index contributed by atoms with van der Waals surface area (Å²) in [5.74, 6) is -1.07. The van der Waals surface area contributed by atoms with Crippen molar-refractivity contribution >= 4 is 25.7 Å². The Balaban J connectivity index is 2.36. The number of benzene rings is 1. The van der Waals surface area contributed by atoms with Crippen molar-refractivity contribution in [2.45, 2.75) is 9.92 Å². The van der Waals surface area contributed by atoms with Crippen LogP contribution in [-0.4, -0.2) is 26.4 Å². The van der Waals surface area contributed by atoms with Crippen LogP contribution in [0.5, 0.6) is 0 Å². The predicted molar refractivity (Wildman–Crippen MR) is 71.8 cm³/mol. The van der Waals surface area contributed by atoms with E-state index in [4.69, 9.17) is 5.14 Å². The maximum absolute atomic E-state index is 13.8. The molecule has 0 aliphatic carbocycles. The smallest absolute Gasteiger partial charge is 0.281 e. The molecule has 2 aromatic rings. The SMILES string of the molecule is Cn1cnc(S(=O)(=O)Nc2ccc(S(N)(=O)=O)cc2F)c1. The summed E-state index contributed by atoms with van der Waals surface area (Å²) in [4.78, 5) is 3.19. The van der Waals surface area contributed by atoms with Crippen LogP contribution in [0.2, 0.25) is 0 Å². The van der Waals surface area contributed by atoms with Crippen molar-refractivity contribution in [2.75, 3.05) is 4.72 Å². The number of hydrogen-bond acceptors (Lipinski definition) is 5. The van der Waals surface area contributed by atoms with Crippen LogP contribution in [0.3, 0.4) is 0 Å². The molecule has 0 atom stereocenters. The lowest BCUT2D eigenvalue weighted by molar-refractivity contribution is 0.592. The lowest BCUT2D eigenvalue weighted by Gasteiger charge is -2.08. The number of imidazole rings is 1. The van der Waals surface area contributed by atoms with Gasteiger partial charge in [-0.2, -0.15) is 8.42 Å². The highest BCUT2D eigenvalue weighted by Crippen LogP contribution is 2.21. The lowest BCUT2D eigenvalue weighted by Crippen LogP contribution is -2.16. The van der Waals surface area contributed by atoms with Gasteiger partial charge in [0.15, 0.2) is 5.03 Å². The van der Waals surface area contributed by atoms with Crippen LogP contribution in [0.25, 0.3) is 0 Å². The molecule has 3 N–H and O–H groups in total. The third-order valence-electron chi connectivity index (χ3n) is 2.47. The van der Waals surface area contributed by atoms with Crippen molar-refractivity contribution in [1.82, 2.24) is 9.55 Å². The number of nitrogens with one attached hydrogen (secondary N) is 1. The average Bonchev–Trinajstić information content (AvgIpc) is 2.78. The van der Waals surface area contributed by atoms with Gasteiger partial charge in [-0.25, -0.2) is 22.9 Å². The standard InChI is InChI=1S/C10H11FN4O4S2/c1-15-5-10(13-6-15)21(18,19)14-9-3-2-7(4-8(9)11)20(12,16)17/h2-6,14H,1H3,(H2,12,16,17).